The van der Waals surface area contributed by atoms with Gasteiger partial charge in [0.15, 0.2) is 5.96 Å². The molecule has 1 aliphatic carbocycles. The van der Waals surface area contributed by atoms with Crippen LogP contribution in [0.25, 0.3) is 0 Å². The first kappa shape index (κ1) is 15.8. The summed E-state index contributed by atoms with van der Waals surface area (Å²) >= 11 is 0. The molecule has 2 fully saturated rings. The standard InChI is InChI=1S/C18H26N4O/c1-19-16(23)15-6-4-14(5-7-15)12-21-17(20-2)22-11-10-18(13-22)8-3-9-18/h4-7H,3,8-13H2,1-2H3,(H,19,23)(H,20,21). The van der Waals surface area contributed by atoms with Crippen LogP contribution in [0.2, 0.25) is 0 Å². The summed E-state index contributed by atoms with van der Waals surface area (Å²) in [5.41, 5.74) is 2.41. The fourth-order valence-electron chi connectivity index (χ4n) is 3.63. The first-order valence-corrected chi connectivity index (χ1v) is 8.42. The van der Waals surface area contributed by atoms with E-state index in [2.05, 4.69) is 20.5 Å². The normalized spacial score (nSPS) is 19.6. The minimum atomic E-state index is -0.0526. The van der Waals surface area contributed by atoms with Gasteiger partial charge in [0.05, 0.1) is 0 Å². The number of guanidine groups is 1. The SMILES string of the molecule is CN=C(NCc1ccc(C(=O)NC)cc1)N1CCC2(CCC2)C1. The second-order valence-electron chi connectivity index (χ2n) is 6.70. The highest BCUT2D eigenvalue weighted by atomic mass is 16.1. The highest BCUT2D eigenvalue weighted by molar-refractivity contribution is 5.93. The third-order valence-corrected chi connectivity index (χ3v) is 5.26. The van der Waals surface area contributed by atoms with Gasteiger partial charge in [0.25, 0.3) is 5.91 Å². The topological polar surface area (TPSA) is 56.7 Å². The summed E-state index contributed by atoms with van der Waals surface area (Å²) in [7, 11) is 3.50. The zero-order chi connectivity index (χ0) is 16.3. The summed E-state index contributed by atoms with van der Waals surface area (Å²) in [5.74, 6) is 0.937. The van der Waals surface area contributed by atoms with E-state index in [0.29, 0.717) is 11.0 Å². The van der Waals surface area contributed by atoms with Crippen LogP contribution in [0, 0.1) is 5.41 Å². The van der Waals surface area contributed by atoms with Crippen LogP contribution in [0.4, 0.5) is 0 Å². The first-order valence-electron chi connectivity index (χ1n) is 8.42. The van der Waals surface area contributed by atoms with Crippen LogP contribution in [0.5, 0.6) is 0 Å². The van der Waals surface area contributed by atoms with Gasteiger partial charge in [-0.3, -0.25) is 9.79 Å². The fraction of sp³-hybridized carbons (Fsp3) is 0.556. The van der Waals surface area contributed by atoms with E-state index in [4.69, 9.17) is 0 Å². The van der Waals surface area contributed by atoms with Gasteiger partial charge in [0, 0.05) is 39.3 Å². The van der Waals surface area contributed by atoms with Gasteiger partial charge in [-0.2, -0.15) is 0 Å². The molecule has 0 atom stereocenters. The van der Waals surface area contributed by atoms with E-state index in [1.807, 2.05) is 31.3 Å². The summed E-state index contributed by atoms with van der Waals surface area (Å²) in [5, 5.41) is 6.09. The maximum atomic E-state index is 11.6. The molecule has 1 aliphatic heterocycles. The zero-order valence-corrected chi connectivity index (χ0v) is 14.1. The summed E-state index contributed by atoms with van der Waals surface area (Å²) in [4.78, 5) is 18.4. The van der Waals surface area contributed by atoms with Crippen molar-refractivity contribution in [1.29, 1.82) is 0 Å². The van der Waals surface area contributed by atoms with Gasteiger partial charge in [-0.25, -0.2) is 0 Å². The van der Waals surface area contributed by atoms with Crippen molar-refractivity contribution in [2.45, 2.75) is 32.2 Å². The van der Waals surface area contributed by atoms with Crippen molar-refractivity contribution in [1.82, 2.24) is 15.5 Å². The van der Waals surface area contributed by atoms with Gasteiger partial charge in [0.2, 0.25) is 0 Å². The first-order chi connectivity index (χ1) is 11.2. The van der Waals surface area contributed by atoms with Crippen molar-refractivity contribution in [2.24, 2.45) is 10.4 Å². The number of hydrogen-bond acceptors (Lipinski definition) is 2. The molecule has 0 bridgehead atoms. The molecule has 1 saturated carbocycles. The molecular formula is C18H26N4O. The minimum Gasteiger partial charge on any atom is -0.355 e. The van der Waals surface area contributed by atoms with E-state index in [0.717, 1.165) is 31.2 Å². The van der Waals surface area contributed by atoms with Crippen LogP contribution in [0.3, 0.4) is 0 Å². The molecule has 1 saturated heterocycles. The molecule has 2 N–H and O–H groups in total. The smallest absolute Gasteiger partial charge is 0.251 e. The monoisotopic (exact) mass is 314 g/mol. The lowest BCUT2D eigenvalue weighted by Gasteiger charge is -2.38. The molecule has 2 aliphatic rings. The summed E-state index contributed by atoms with van der Waals surface area (Å²) in [6.07, 6.45) is 5.44. The van der Waals surface area contributed by atoms with E-state index >= 15 is 0 Å². The van der Waals surface area contributed by atoms with Crippen molar-refractivity contribution in [2.75, 3.05) is 27.2 Å². The molecular weight excluding hydrogens is 288 g/mol. The predicted molar refractivity (Wildman–Crippen MR) is 92.5 cm³/mol. The number of nitrogens with zero attached hydrogens (tertiary/aromatic N) is 2. The number of amides is 1. The van der Waals surface area contributed by atoms with Gasteiger partial charge < -0.3 is 15.5 Å². The molecule has 1 aromatic rings. The van der Waals surface area contributed by atoms with E-state index in [1.54, 1.807) is 7.05 Å². The van der Waals surface area contributed by atoms with Gasteiger partial charge in [-0.15, -0.1) is 0 Å². The van der Waals surface area contributed by atoms with Crippen molar-refractivity contribution >= 4 is 11.9 Å². The number of carbonyl (C=O) groups excluding carboxylic acids is 1. The average Bonchev–Trinajstić information content (AvgIpc) is 3.01. The lowest BCUT2D eigenvalue weighted by molar-refractivity contribution is 0.0963. The van der Waals surface area contributed by atoms with Crippen molar-refractivity contribution < 1.29 is 4.79 Å². The van der Waals surface area contributed by atoms with E-state index in [1.165, 1.54) is 25.7 Å². The molecule has 0 aromatic heterocycles. The summed E-state index contributed by atoms with van der Waals surface area (Å²) < 4.78 is 0. The van der Waals surface area contributed by atoms with E-state index in [9.17, 15) is 4.79 Å². The third kappa shape index (κ3) is 3.33. The van der Waals surface area contributed by atoms with Gasteiger partial charge in [-0.1, -0.05) is 18.6 Å². The van der Waals surface area contributed by atoms with Crippen molar-refractivity contribution in [3.63, 3.8) is 0 Å². The number of nitrogens with one attached hydrogen (secondary N) is 2. The fourth-order valence-corrected chi connectivity index (χ4v) is 3.63. The Balaban J connectivity index is 1.55. The Morgan fingerprint density at radius 3 is 2.52 bits per heavy atom. The van der Waals surface area contributed by atoms with Crippen LogP contribution in [0.15, 0.2) is 29.3 Å². The summed E-state index contributed by atoms with van der Waals surface area (Å²) in [6.45, 7) is 2.97. The molecule has 124 valence electrons. The Bertz CT molecular complexity index is 590. The van der Waals surface area contributed by atoms with E-state index in [-0.39, 0.29) is 5.91 Å². The molecule has 1 amide bonds. The Morgan fingerprint density at radius 1 is 1.26 bits per heavy atom. The quantitative estimate of drug-likeness (QED) is 0.663. The molecule has 0 radical (unpaired) electrons. The van der Waals surface area contributed by atoms with Crippen molar-refractivity contribution in [3.8, 4) is 0 Å². The minimum absolute atomic E-state index is 0.0526. The third-order valence-electron chi connectivity index (χ3n) is 5.26. The van der Waals surface area contributed by atoms with Crippen molar-refractivity contribution in [3.05, 3.63) is 35.4 Å². The Labute approximate surface area is 138 Å². The Kier molecular flexibility index (Phi) is 4.55. The Morgan fingerprint density at radius 2 is 2.00 bits per heavy atom. The number of likely N-dealkylation sites (tertiary alicyclic amines) is 1. The molecule has 0 unspecified atom stereocenters. The largest absolute Gasteiger partial charge is 0.355 e. The Hall–Kier alpha value is -2.04. The van der Waals surface area contributed by atoms with Crippen LogP contribution in [-0.4, -0.2) is 44.0 Å². The maximum Gasteiger partial charge on any atom is 0.251 e. The highest BCUT2D eigenvalue weighted by Gasteiger charge is 2.43. The number of aliphatic imine (C=N–C) groups is 1. The molecule has 1 heterocycles. The molecule has 5 nitrogen and oxygen atoms in total. The molecule has 23 heavy (non-hydrogen) atoms. The number of rotatable bonds is 3. The molecule has 1 spiro atoms. The second-order valence-corrected chi connectivity index (χ2v) is 6.70. The van der Waals surface area contributed by atoms with E-state index < -0.39 is 0 Å². The molecule has 5 heteroatoms. The zero-order valence-electron chi connectivity index (χ0n) is 14.1. The van der Waals surface area contributed by atoms with Crippen LogP contribution in [-0.2, 0) is 6.54 Å². The van der Waals surface area contributed by atoms with Crippen LogP contribution < -0.4 is 10.6 Å². The van der Waals surface area contributed by atoms with Gasteiger partial charge >= 0.3 is 0 Å². The highest BCUT2D eigenvalue weighted by Crippen LogP contribution is 2.47. The summed E-state index contributed by atoms with van der Waals surface area (Å²) in [6, 6.07) is 7.69. The predicted octanol–water partition coefficient (Wildman–Crippen LogP) is 2.00. The number of benzene rings is 1. The molecule has 3 rings (SSSR count). The lowest BCUT2D eigenvalue weighted by atomic mass is 9.68. The van der Waals surface area contributed by atoms with Gasteiger partial charge in [-0.05, 0) is 42.4 Å². The van der Waals surface area contributed by atoms with Gasteiger partial charge in [0.1, 0.15) is 0 Å². The second kappa shape index (κ2) is 6.60. The lowest BCUT2D eigenvalue weighted by Crippen LogP contribution is -2.42. The van der Waals surface area contributed by atoms with Crippen LogP contribution >= 0.6 is 0 Å². The number of hydrogen-bond donors (Lipinski definition) is 2. The number of carbonyl (C=O) groups is 1. The average molecular weight is 314 g/mol. The molecule has 1 aromatic carbocycles. The maximum absolute atomic E-state index is 11.6. The van der Waals surface area contributed by atoms with Crippen LogP contribution in [0.1, 0.15) is 41.6 Å².